The molecule has 0 aromatic heterocycles. The molecule has 4 nitrogen and oxygen atoms in total. The summed E-state index contributed by atoms with van der Waals surface area (Å²) in [6, 6.07) is 25.1. The van der Waals surface area contributed by atoms with Gasteiger partial charge in [0.25, 0.3) is 0 Å². The first-order valence-electron chi connectivity index (χ1n) is 9.11. The van der Waals surface area contributed by atoms with Crippen LogP contribution in [0.4, 0.5) is 5.69 Å². The number of rotatable bonds is 4. The van der Waals surface area contributed by atoms with E-state index >= 15 is 0 Å². The lowest BCUT2D eigenvalue weighted by Gasteiger charge is -2.27. The van der Waals surface area contributed by atoms with E-state index in [9.17, 15) is 4.79 Å². The molecule has 0 spiro atoms. The molecule has 0 saturated heterocycles. The van der Waals surface area contributed by atoms with Crippen LogP contribution in [0.15, 0.2) is 92.9 Å². The van der Waals surface area contributed by atoms with Gasteiger partial charge in [0.05, 0.1) is 24.4 Å². The fourth-order valence-electron chi connectivity index (χ4n) is 3.61. The molecule has 29 heavy (non-hydrogen) atoms. The maximum Gasteiger partial charge on any atom is 0.331 e. The molecular formula is C23H18Br2N2O2. The van der Waals surface area contributed by atoms with Gasteiger partial charge in [-0.1, -0.05) is 76.6 Å². The lowest BCUT2D eigenvalue weighted by Crippen LogP contribution is -2.40. The van der Waals surface area contributed by atoms with Crippen LogP contribution < -0.4 is 5.01 Å². The van der Waals surface area contributed by atoms with Crippen molar-refractivity contribution in [1.82, 2.24) is 0 Å². The standard InChI is InChI=1S/C23H18Br2N2O2/c1-29-23(28)22-20(15-8-4-2-5-9-15)21(16-10-6-3-7-11-16)26-27(22)19-13-12-17(24)14-18(19)25/h2-14,20,22H,1H3/t20-,22-/m0/s1. The van der Waals surface area contributed by atoms with Crippen molar-refractivity contribution >= 4 is 49.2 Å². The third kappa shape index (κ3) is 3.87. The highest BCUT2D eigenvalue weighted by Crippen LogP contribution is 2.40. The van der Waals surface area contributed by atoms with E-state index < -0.39 is 6.04 Å². The number of hydrogen-bond donors (Lipinski definition) is 0. The van der Waals surface area contributed by atoms with Crippen LogP contribution in [-0.2, 0) is 9.53 Å². The molecule has 3 aromatic carbocycles. The highest BCUT2D eigenvalue weighted by atomic mass is 79.9. The first-order chi connectivity index (χ1) is 14.1. The summed E-state index contributed by atoms with van der Waals surface area (Å²) in [5.41, 5.74) is 3.63. The van der Waals surface area contributed by atoms with E-state index in [-0.39, 0.29) is 11.9 Å². The molecule has 0 amide bonds. The van der Waals surface area contributed by atoms with E-state index in [4.69, 9.17) is 9.84 Å². The van der Waals surface area contributed by atoms with E-state index in [1.54, 1.807) is 5.01 Å². The Hall–Kier alpha value is -2.44. The van der Waals surface area contributed by atoms with Crippen molar-refractivity contribution < 1.29 is 9.53 Å². The van der Waals surface area contributed by atoms with Gasteiger partial charge in [-0.3, -0.25) is 0 Å². The Balaban J connectivity index is 1.92. The van der Waals surface area contributed by atoms with Gasteiger partial charge in [-0.2, -0.15) is 5.10 Å². The normalized spacial score (nSPS) is 18.4. The van der Waals surface area contributed by atoms with Gasteiger partial charge in [-0.05, 0) is 45.3 Å². The second kappa shape index (κ2) is 8.51. The summed E-state index contributed by atoms with van der Waals surface area (Å²) in [5, 5.41) is 6.70. The summed E-state index contributed by atoms with van der Waals surface area (Å²) >= 11 is 7.10. The molecule has 4 rings (SSSR count). The van der Waals surface area contributed by atoms with Gasteiger partial charge < -0.3 is 4.74 Å². The maximum atomic E-state index is 13.0. The summed E-state index contributed by atoms with van der Waals surface area (Å²) in [5.74, 6) is -0.593. The minimum atomic E-state index is -0.616. The van der Waals surface area contributed by atoms with Crippen LogP contribution in [0.2, 0.25) is 0 Å². The third-order valence-electron chi connectivity index (χ3n) is 4.92. The Morgan fingerprint density at radius 2 is 1.62 bits per heavy atom. The van der Waals surface area contributed by atoms with E-state index in [1.807, 2.05) is 78.9 Å². The molecule has 1 aliphatic rings. The molecule has 1 heterocycles. The predicted octanol–water partition coefficient (Wildman–Crippen LogP) is 5.76. The summed E-state index contributed by atoms with van der Waals surface area (Å²) in [6.45, 7) is 0. The fourth-order valence-corrected chi connectivity index (χ4v) is 4.83. The molecule has 0 saturated carbocycles. The van der Waals surface area contributed by atoms with Crippen LogP contribution >= 0.6 is 31.9 Å². The van der Waals surface area contributed by atoms with Crippen molar-refractivity contribution in [1.29, 1.82) is 0 Å². The van der Waals surface area contributed by atoms with E-state index in [1.165, 1.54) is 7.11 Å². The quantitative estimate of drug-likeness (QED) is 0.416. The fraction of sp³-hybridized carbons (Fsp3) is 0.130. The first kappa shape index (κ1) is 19.9. The second-order valence-corrected chi connectivity index (χ2v) is 8.42. The van der Waals surface area contributed by atoms with Gasteiger partial charge in [0, 0.05) is 8.95 Å². The summed E-state index contributed by atoms with van der Waals surface area (Å²) in [4.78, 5) is 13.0. The molecule has 0 radical (unpaired) electrons. The number of nitrogens with zero attached hydrogens (tertiary/aromatic N) is 2. The molecule has 3 aromatic rings. The predicted molar refractivity (Wildman–Crippen MR) is 122 cm³/mol. The lowest BCUT2D eigenvalue weighted by atomic mass is 9.85. The molecule has 6 heteroatoms. The van der Waals surface area contributed by atoms with Crippen molar-refractivity contribution in [3.8, 4) is 0 Å². The van der Waals surface area contributed by atoms with Crippen LogP contribution in [-0.4, -0.2) is 24.8 Å². The first-order valence-corrected chi connectivity index (χ1v) is 10.7. The van der Waals surface area contributed by atoms with Gasteiger partial charge >= 0.3 is 5.97 Å². The van der Waals surface area contributed by atoms with Crippen molar-refractivity contribution in [2.24, 2.45) is 5.10 Å². The number of hydrazone groups is 1. The smallest absolute Gasteiger partial charge is 0.331 e. The van der Waals surface area contributed by atoms with Gasteiger partial charge in [-0.25, -0.2) is 9.80 Å². The van der Waals surface area contributed by atoms with Gasteiger partial charge in [-0.15, -0.1) is 0 Å². The van der Waals surface area contributed by atoms with Gasteiger partial charge in [0.1, 0.15) is 0 Å². The summed E-state index contributed by atoms with van der Waals surface area (Å²) in [7, 11) is 1.42. The van der Waals surface area contributed by atoms with Gasteiger partial charge in [0.2, 0.25) is 0 Å². The lowest BCUT2D eigenvalue weighted by molar-refractivity contribution is -0.142. The minimum absolute atomic E-state index is 0.262. The number of benzene rings is 3. The van der Waals surface area contributed by atoms with Crippen LogP contribution in [0.25, 0.3) is 0 Å². The highest BCUT2D eigenvalue weighted by molar-refractivity contribution is 9.11. The number of ether oxygens (including phenoxy) is 1. The van der Waals surface area contributed by atoms with Crippen LogP contribution in [0.1, 0.15) is 17.0 Å². The van der Waals surface area contributed by atoms with E-state index in [2.05, 4.69) is 31.9 Å². The Morgan fingerprint density at radius 3 is 2.24 bits per heavy atom. The van der Waals surface area contributed by atoms with Gasteiger partial charge in [0.15, 0.2) is 6.04 Å². The zero-order valence-corrected chi connectivity index (χ0v) is 18.8. The van der Waals surface area contributed by atoms with Crippen molar-refractivity contribution in [3.63, 3.8) is 0 Å². The number of esters is 1. The Kier molecular flexibility index (Phi) is 5.83. The Morgan fingerprint density at radius 1 is 0.966 bits per heavy atom. The minimum Gasteiger partial charge on any atom is -0.467 e. The number of methoxy groups -OCH3 is 1. The zero-order chi connectivity index (χ0) is 20.4. The van der Waals surface area contributed by atoms with Crippen LogP contribution in [0, 0.1) is 0 Å². The average Bonchev–Trinajstić information content (AvgIpc) is 3.15. The largest absolute Gasteiger partial charge is 0.467 e. The number of anilines is 1. The molecule has 2 atom stereocenters. The van der Waals surface area contributed by atoms with E-state index in [0.29, 0.717) is 0 Å². The zero-order valence-electron chi connectivity index (χ0n) is 15.6. The molecule has 0 fully saturated rings. The molecule has 0 unspecified atom stereocenters. The third-order valence-corrected chi connectivity index (χ3v) is 6.05. The number of halogens is 2. The second-order valence-electron chi connectivity index (χ2n) is 6.65. The van der Waals surface area contributed by atoms with Crippen LogP contribution in [0.5, 0.6) is 0 Å². The number of carbonyl (C=O) groups is 1. The average molecular weight is 514 g/mol. The van der Waals surface area contributed by atoms with Crippen molar-refractivity contribution in [3.05, 3.63) is 98.9 Å². The SMILES string of the molecule is COC(=O)[C@@H]1[C@@H](c2ccccc2)C(c2ccccc2)=NN1c1ccc(Br)cc1Br. The Labute approximate surface area is 186 Å². The molecule has 1 aliphatic heterocycles. The maximum absolute atomic E-state index is 13.0. The summed E-state index contributed by atoms with van der Waals surface area (Å²) in [6.07, 6.45) is 0. The number of carbonyl (C=O) groups excluding carboxylic acids is 1. The van der Waals surface area contributed by atoms with Crippen molar-refractivity contribution in [2.75, 3.05) is 12.1 Å². The van der Waals surface area contributed by atoms with E-state index in [0.717, 1.165) is 31.5 Å². The monoisotopic (exact) mass is 512 g/mol. The molecule has 146 valence electrons. The summed E-state index contributed by atoms with van der Waals surface area (Å²) < 4.78 is 6.98. The van der Waals surface area contributed by atoms with Crippen LogP contribution in [0.3, 0.4) is 0 Å². The molecule has 0 bridgehead atoms. The molecule has 0 aliphatic carbocycles. The molecular weight excluding hydrogens is 496 g/mol. The highest BCUT2D eigenvalue weighted by Gasteiger charge is 2.45. The molecule has 0 N–H and O–H groups in total. The Bertz CT molecular complexity index is 1050. The topological polar surface area (TPSA) is 41.9 Å². The number of hydrogen-bond acceptors (Lipinski definition) is 4. The van der Waals surface area contributed by atoms with Crippen molar-refractivity contribution in [2.45, 2.75) is 12.0 Å².